The molecule has 1 aliphatic carbocycles. The monoisotopic (exact) mass is 246 g/mol. The molecule has 0 heterocycles. The zero-order valence-corrected chi connectivity index (χ0v) is 11.3. The highest BCUT2D eigenvalue weighted by atomic mass is 16.2. The number of nitrogens with zero attached hydrogens (tertiary/aromatic N) is 1. The second-order valence-electron chi connectivity index (χ2n) is 5.25. The van der Waals surface area contributed by atoms with Gasteiger partial charge in [-0.1, -0.05) is 24.3 Å². The molecule has 1 N–H and O–H groups in total. The first-order chi connectivity index (χ1) is 8.66. The summed E-state index contributed by atoms with van der Waals surface area (Å²) in [7, 11) is 1.87. The van der Waals surface area contributed by atoms with Crippen molar-refractivity contribution >= 4 is 5.91 Å². The van der Waals surface area contributed by atoms with Gasteiger partial charge in [-0.05, 0) is 43.4 Å². The van der Waals surface area contributed by atoms with Gasteiger partial charge in [0.2, 0.25) is 5.91 Å². The molecule has 98 valence electrons. The Morgan fingerprint density at radius 1 is 1.39 bits per heavy atom. The maximum absolute atomic E-state index is 11.9. The summed E-state index contributed by atoms with van der Waals surface area (Å²) in [5.41, 5.74) is 2.46. The maximum atomic E-state index is 11.9. The van der Waals surface area contributed by atoms with E-state index in [1.54, 1.807) is 4.90 Å². The van der Waals surface area contributed by atoms with E-state index in [1.807, 2.05) is 19.2 Å². The average molecular weight is 246 g/mol. The quantitative estimate of drug-likeness (QED) is 0.832. The molecule has 0 radical (unpaired) electrons. The third-order valence-electron chi connectivity index (χ3n) is 3.50. The van der Waals surface area contributed by atoms with Gasteiger partial charge in [0.15, 0.2) is 0 Å². The average Bonchev–Trinajstić information content (AvgIpc) is 3.16. The van der Waals surface area contributed by atoms with E-state index >= 15 is 0 Å². The van der Waals surface area contributed by atoms with Crippen LogP contribution in [0, 0.1) is 12.8 Å². The van der Waals surface area contributed by atoms with Crippen molar-refractivity contribution in [3.05, 3.63) is 35.4 Å². The zero-order chi connectivity index (χ0) is 13.0. The van der Waals surface area contributed by atoms with Crippen molar-refractivity contribution in [1.29, 1.82) is 0 Å². The summed E-state index contributed by atoms with van der Waals surface area (Å²) >= 11 is 0. The largest absolute Gasteiger partial charge is 0.340 e. The molecule has 1 saturated carbocycles. The van der Waals surface area contributed by atoms with Crippen LogP contribution in [0.2, 0.25) is 0 Å². The first-order valence-electron chi connectivity index (χ1n) is 6.66. The molecule has 0 saturated heterocycles. The van der Waals surface area contributed by atoms with E-state index < -0.39 is 0 Å². The normalized spacial score (nSPS) is 14.6. The molecule has 0 bridgehead atoms. The number of carbonyl (C=O) groups is 1. The third-order valence-corrected chi connectivity index (χ3v) is 3.50. The number of amides is 1. The molecule has 1 aliphatic rings. The van der Waals surface area contributed by atoms with E-state index in [2.05, 4.69) is 24.4 Å². The second kappa shape index (κ2) is 6.01. The molecule has 0 aromatic heterocycles. The number of nitrogens with one attached hydrogen (secondary N) is 1. The number of carbonyl (C=O) groups excluding carboxylic acids is 1. The molecule has 18 heavy (non-hydrogen) atoms. The van der Waals surface area contributed by atoms with Crippen LogP contribution >= 0.6 is 0 Å². The van der Waals surface area contributed by atoms with E-state index in [-0.39, 0.29) is 5.91 Å². The van der Waals surface area contributed by atoms with E-state index in [1.165, 1.54) is 24.0 Å². The van der Waals surface area contributed by atoms with Crippen molar-refractivity contribution in [3.63, 3.8) is 0 Å². The summed E-state index contributed by atoms with van der Waals surface area (Å²) in [6, 6.07) is 8.21. The standard InChI is InChI=1S/C15H22N2O/c1-12-5-3-4-6-14(12)11-17(2)15(18)10-16-9-13-7-8-13/h3-6,13,16H,7-11H2,1-2H3. The van der Waals surface area contributed by atoms with Gasteiger partial charge in [0.05, 0.1) is 6.54 Å². The predicted octanol–water partition coefficient (Wildman–Crippen LogP) is 1.95. The lowest BCUT2D eigenvalue weighted by atomic mass is 10.1. The Morgan fingerprint density at radius 2 is 2.11 bits per heavy atom. The molecule has 1 fully saturated rings. The number of benzene rings is 1. The molecule has 1 amide bonds. The fraction of sp³-hybridized carbons (Fsp3) is 0.533. The number of hydrogen-bond acceptors (Lipinski definition) is 2. The number of likely N-dealkylation sites (N-methyl/N-ethyl adjacent to an activating group) is 1. The third kappa shape index (κ3) is 3.84. The van der Waals surface area contributed by atoms with E-state index in [4.69, 9.17) is 0 Å². The van der Waals surface area contributed by atoms with Crippen LogP contribution in [0.25, 0.3) is 0 Å². The van der Waals surface area contributed by atoms with Gasteiger partial charge < -0.3 is 10.2 Å². The van der Waals surface area contributed by atoms with Gasteiger partial charge in [-0.25, -0.2) is 0 Å². The van der Waals surface area contributed by atoms with E-state index in [9.17, 15) is 4.79 Å². The van der Waals surface area contributed by atoms with Crippen LogP contribution < -0.4 is 5.32 Å². The van der Waals surface area contributed by atoms with Crippen LogP contribution in [-0.2, 0) is 11.3 Å². The first-order valence-corrected chi connectivity index (χ1v) is 6.66. The fourth-order valence-electron chi connectivity index (χ4n) is 1.97. The Balaban J connectivity index is 1.77. The molecular weight excluding hydrogens is 224 g/mol. The molecule has 0 spiro atoms. The van der Waals surface area contributed by atoms with Gasteiger partial charge in [-0.2, -0.15) is 0 Å². The highest BCUT2D eigenvalue weighted by molar-refractivity contribution is 5.78. The molecule has 0 aliphatic heterocycles. The maximum Gasteiger partial charge on any atom is 0.236 e. The van der Waals surface area contributed by atoms with Crippen molar-refractivity contribution in [3.8, 4) is 0 Å². The summed E-state index contributed by atoms with van der Waals surface area (Å²) in [4.78, 5) is 13.7. The molecule has 2 rings (SSSR count). The Bertz CT molecular complexity index is 413. The van der Waals surface area contributed by atoms with Crippen LogP contribution in [0.3, 0.4) is 0 Å². The highest BCUT2D eigenvalue weighted by Gasteiger charge is 2.21. The molecule has 0 unspecified atom stereocenters. The summed E-state index contributed by atoms with van der Waals surface area (Å²) in [6.07, 6.45) is 2.64. The summed E-state index contributed by atoms with van der Waals surface area (Å²) in [5.74, 6) is 0.985. The molecule has 3 nitrogen and oxygen atoms in total. The first kappa shape index (κ1) is 13.1. The van der Waals surface area contributed by atoms with Crippen molar-refractivity contribution in [1.82, 2.24) is 10.2 Å². The summed E-state index contributed by atoms with van der Waals surface area (Å²) < 4.78 is 0. The Labute approximate surface area is 109 Å². The van der Waals surface area contributed by atoms with Gasteiger partial charge in [-0.3, -0.25) is 4.79 Å². The minimum absolute atomic E-state index is 0.166. The molecule has 1 aromatic carbocycles. The van der Waals surface area contributed by atoms with E-state index in [0.29, 0.717) is 13.1 Å². The molecule has 3 heteroatoms. The van der Waals surface area contributed by atoms with Gasteiger partial charge in [0, 0.05) is 13.6 Å². The lowest BCUT2D eigenvalue weighted by molar-refractivity contribution is -0.129. The Hall–Kier alpha value is -1.35. The molecule has 0 atom stereocenters. The molecule has 1 aromatic rings. The molecular formula is C15H22N2O. The minimum atomic E-state index is 0.166. The summed E-state index contributed by atoms with van der Waals surface area (Å²) in [6.45, 7) is 4.22. The van der Waals surface area contributed by atoms with Gasteiger partial charge in [0.1, 0.15) is 0 Å². The Kier molecular flexibility index (Phi) is 4.37. The van der Waals surface area contributed by atoms with Crippen LogP contribution in [-0.4, -0.2) is 30.9 Å². The van der Waals surface area contributed by atoms with Gasteiger partial charge >= 0.3 is 0 Å². The van der Waals surface area contributed by atoms with Crippen molar-refractivity contribution in [2.75, 3.05) is 20.1 Å². The van der Waals surface area contributed by atoms with Crippen molar-refractivity contribution in [2.45, 2.75) is 26.3 Å². The van der Waals surface area contributed by atoms with Gasteiger partial charge in [-0.15, -0.1) is 0 Å². The van der Waals surface area contributed by atoms with Crippen molar-refractivity contribution < 1.29 is 4.79 Å². The topological polar surface area (TPSA) is 32.3 Å². The predicted molar refractivity (Wildman–Crippen MR) is 73.2 cm³/mol. The number of aryl methyl sites for hydroxylation is 1. The SMILES string of the molecule is Cc1ccccc1CN(C)C(=O)CNCC1CC1. The van der Waals surface area contributed by atoms with Crippen LogP contribution in [0.15, 0.2) is 24.3 Å². The van der Waals surface area contributed by atoms with E-state index in [0.717, 1.165) is 12.5 Å². The van der Waals surface area contributed by atoms with Crippen LogP contribution in [0.4, 0.5) is 0 Å². The second-order valence-corrected chi connectivity index (χ2v) is 5.25. The van der Waals surface area contributed by atoms with Gasteiger partial charge in [0.25, 0.3) is 0 Å². The highest BCUT2D eigenvalue weighted by Crippen LogP contribution is 2.27. The number of hydrogen-bond donors (Lipinski definition) is 1. The minimum Gasteiger partial charge on any atom is -0.340 e. The zero-order valence-electron chi connectivity index (χ0n) is 11.3. The van der Waals surface area contributed by atoms with Crippen molar-refractivity contribution in [2.24, 2.45) is 5.92 Å². The van der Waals surface area contributed by atoms with Crippen LogP contribution in [0.5, 0.6) is 0 Å². The lowest BCUT2D eigenvalue weighted by Gasteiger charge is -2.18. The Morgan fingerprint density at radius 3 is 2.78 bits per heavy atom. The number of rotatable bonds is 6. The smallest absolute Gasteiger partial charge is 0.236 e. The van der Waals surface area contributed by atoms with Crippen LogP contribution in [0.1, 0.15) is 24.0 Å². The summed E-state index contributed by atoms with van der Waals surface area (Å²) in [5, 5.41) is 3.24. The fourth-order valence-corrected chi connectivity index (χ4v) is 1.97. The lowest BCUT2D eigenvalue weighted by Crippen LogP contribution is -2.36.